The summed E-state index contributed by atoms with van der Waals surface area (Å²) in [7, 11) is 3.31. The zero-order valence-electron chi connectivity index (χ0n) is 17.8. The summed E-state index contributed by atoms with van der Waals surface area (Å²) in [6.07, 6.45) is 3.27. The van der Waals surface area contributed by atoms with Gasteiger partial charge in [-0.1, -0.05) is 41.5 Å². The number of H-pyrrole nitrogens is 1. The minimum atomic E-state index is 0.316. The van der Waals surface area contributed by atoms with Crippen LogP contribution < -0.4 is 14.2 Å². The smallest absolute Gasteiger partial charge is 0.146 e. The van der Waals surface area contributed by atoms with Crippen LogP contribution in [0.15, 0.2) is 84.2 Å². The normalized spacial score (nSPS) is 10.3. The lowest BCUT2D eigenvalue weighted by Gasteiger charge is -2.14. The van der Waals surface area contributed by atoms with Crippen LogP contribution in [0.1, 0.15) is 5.56 Å². The third-order valence-electron chi connectivity index (χ3n) is 5.16. The van der Waals surface area contributed by atoms with Gasteiger partial charge in [-0.2, -0.15) is 0 Å². The Morgan fingerprint density at radius 3 is 2.06 bits per heavy atom. The molecule has 0 unspecified atom stereocenters. The summed E-state index contributed by atoms with van der Waals surface area (Å²) < 4.78 is 16.5. The molecule has 160 valence electrons. The van der Waals surface area contributed by atoms with Crippen molar-refractivity contribution in [3.05, 3.63) is 95.1 Å². The number of nitrogens with zero attached hydrogens (tertiary/aromatic N) is 3. The number of hydrogen-bond donors (Lipinski definition) is 1. The Kier molecular flexibility index (Phi) is 6.30. The van der Waals surface area contributed by atoms with Crippen molar-refractivity contribution in [2.75, 3.05) is 14.2 Å². The Morgan fingerprint density at radius 1 is 0.812 bits per heavy atom. The first-order valence-corrected chi connectivity index (χ1v) is 9.98. The summed E-state index contributed by atoms with van der Waals surface area (Å²) in [5.74, 6) is 2.11. The molecule has 0 saturated carbocycles. The summed E-state index contributed by atoms with van der Waals surface area (Å²) in [6.45, 7) is 0.316. The Bertz CT molecular complexity index is 1240. The highest BCUT2D eigenvalue weighted by atomic mass is 16.5. The predicted molar refractivity (Wildman–Crippen MR) is 124 cm³/mol. The van der Waals surface area contributed by atoms with Gasteiger partial charge in [-0.25, -0.2) is 0 Å². The summed E-state index contributed by atoms with van der Waals surface area (Å²) in [5, 5.41) is 3.65. The van der Waals surface area contributed by atoms with Gasteiger partial charge in [-0.15, -0.1) is 0 Å². The molecule has 0 aliphatic rings. The van der Waals surface area contributed by atoms with E-state index in [-0.39, 0.29) is 0 Å². The molecule has 0 atom stereocenters. The van der Waals surface area contributed by atoms with E-state index in [0.717, 1.165) is 39.3 Å². The van der Waals surface area contributed by atoms with Crippen LogP contribution in [0.5, 0.6) is 17.2 Å². The molecular weight excluding hydrogens is 404 g/mol. The highest BCUT2D eigenvalue weighted by Gasteiger charge is 2.11. The average molecular weight is 426 g/mol. The van der Waals surface area contributed by atoms with Crippen LogP contribution in [0, 0.1) is 0 Å². The fourth-order valence-corrected chi connectivity index (χ4v) is 3.44. The molecule has 4 aromatic rings. The molecule has 0 radical (unpaired) electrons. The van der Waals surface area contributed by atoms with Crippen molar-refractivity contribution < 1.29 is 14.2 Å². The minimum absolute atomic E-state index is 0.316. The van der Waals surface area contributed by atoms with Crippen molar-refractivity contribution >= 4 is 5.69 Å². The summed E-state index contributed by atoms with van der Waals surface area (Å²) in [4.78, 5) is 5.74. The van der Waals surface area contributed by atoms with Gasteiger partial charge in [0.2, 0.25) is 0 Å². The molecule has 0 bridgehead atoms. The number of nitrogens with one attached hydrogen (secondary N) is 1. The zero-order valence-corrected chi connectivity index (χ0v) is 17.8. The average Bonchev–Trinajstić information content (AvgIpc) is 3.30. The number of hydrogen-bond acceptors (Lipinski definition) is 4. The first-order chi connectivity index (χ1) is 15.7. The standard InChI is InChI=1S/C25H22N4O3/c1-30-21-9-5-17(6-10-21)19-3-4-20(16-32-25-15-27-14-24(25)28-29-26)23(13-19)18-7-11-22(31-2)12-8-18/h3-15,27H,16H2,1-2H3. The fourth-order valence-electron chi connectivity index (χ4n) is 3.44. The Balaban J connectivity index is 1.70. The van der Waals surface area contributed by atoms with Crippen LogP contribution in [0.4, 0.5) is 5.69 Å². The van der Waals surface area contributed by atoms with E-state index in [4.69, 9.17) is 19.7 Å². The third-order valence-corrected chi connectivity index (χ3v) is 5.16. The molecule has 0 aliphatic heterocycles. The number of rotatable bonds is 8. The highest BCUT2D eigenvalue weighted by Crippen LogP contribution is 2.33. The maximum atomic E-state index is 8.73. The molecule has 0 fully saturated rings. The van der Waals surface area contributed by atoms with E-state index in [1.165, 1.54) is 0 Å². The largest absolute Gasteiger partial charge is 0.497 e. The third kappa shape index (κ3) is 4.53. The van der Waals surface area contributed by atoms with Gasteiger partial charge in [0.1, 0.15) is 23.9 Å². The number of aromatic nitrogens is 1. The van der Waals surface area contributed by atoms with Crippen molar-refractivity contribution in [3.8, 4) is 39.5 Å². The second-order valence-electron chi connectivity index (χ2n) is 7.01. The molecule has 0 spiro atoms. The molecule has 0 amide bonds. The molecular formula is C25H22N4O3. The molecule has 7 heteroatoms. The molecule has 32 heavy (non-hydrogen) atoms. The van der Waals surface area contributed by atoms with Gasteiger partial charge in [-0.05, 0) is 63.7 Å². The zero-order chi connectivity index (χ0) is 22.3. The Morgan fingerprint density at radius 2 is 1.44 bits per heavy atom. The predicted octanol–water partition coefficient (Wildman–Crippen LogP) is 6.89. The van der Waals surface area contributed by atoms with E-state index in [0.29, 0.717) is 18.0 Å². The fraction of sp³-hybridized carbons (Fsp3) is 0.120. The summed E-state index contributed by atoms with van der Waals surface area (Å²) in [6, 6.07) is 22.2. The van der Waals surface area contributed by atoms with Crippen LogP contribution in [-0.4, -0.2) is 19.2 Å². The minimum Gasteiger partial charge on any atom is -0.497 e. The van der Waals surface area contributed by atoms with Crippen molar-refractivity contribution in [3.63, 3.8) is 0 Å². The van der Waals surface area contributed by atoms with E-state index in [1.54, 1.807) is 26.6 Å². The van der Waals surface area contributed by atoms with Gasteiger partial charge in [-0.3, -0.25) is 0 Å². The molecule has 3 aromatic carbocycles. The second-order valence-corrected chi connectivity index (χ2v) is 7.01. The van der Waals surface area contributed by atoms with Gasteiger partial charge >= 0.3 is 0 Å². The monoisotopic (exact) mass is 426 g/mol. The number of azide groups is 1. The lowest BCUT2D eigenvalue weighted by atomic mass is 9.94. The van der Waals surface area contributed by atoms with Crippen molar-refractivity contribution in [1.82, 2.24) is 4.98 Å². The second kappa shape index (κ2) is 9.64. The van der Waals surface area contributed by atoms with E-state index in [1.807, 2.05) is 48.5 Å². The molecule has 7 nitrogen and oxygen atoms in total. The van der Waals surface area contributed by atoms with Crippen LogP contribution in [0.25, 0.3) is 32.7 Å². The number of ether oxygens (including phenoxy) is 3. The van der Waals surface area contributed by atoms with Gasteiger partial charge < -0.3 is 19.2 Å². The van der Waals surface area contributed by atoms with Crippen molar-refractivity contribution in [1.29, 1.82) is 0 Å². The number of methoxy groups -OCH3 is 2. The van der Waals surface area contributed by atoms with Gasteiger partial charge in [0, 0.05) is 17.3 Å². The number of aromatic amines is 1. The Labute approximate surface area is 185 Å². The van der Waals surface area contributed by atoms with E-state index < -0.39 is 0 Å². The molecule has 1 heterocycles. The van der Waals surface area contributed by atoms with E-state index in [9.17, 15) is 0 Å². The van der Waals surface area contributed by atoms with Gasteiger partial charge in [0.25, 0.3) is 0 Å². The van der Waals surface area contributed by atoms with Crippen molar-refractivity contribution in [2.45, 2.75) is 6.61 Å². The van der Waals surface area contributed by atoms with Gasteiger partial charge in [0.05, 0.1) is 19.9 Å². The maximum Gasteiger partial charge on any atom is 0.146 e. The quantitative estimate of drug-likeness (QED) is 0.189. The van der Waals surface area contributed by atoms with Gasteiger partial charge in [0.15, 0.2) is 0 Å². The number of benzene rings is 3. The molecule has 1 aromatic heterocycles. The lowest BCUT2D eigenvalue weighted by molar-refractivity contribution is 0.308. The topological polar surface area (TPSA) is 92.2 Å². The van der Waals surface area contributed by atoms with E-state index >= 15 is 0 Å². The van der Waals surface area contributed by atoms with Crippen LogP contribution >= 0.6 is 0 Å². The first kappa shape index (κ1) is 20.9. The Hall–Kier alpha value is -4.35. The molecule has 0 aliphatic carbocycles. The molecule has 1 N–H and O–H groups in total. The highest BCUT2D eigenvalue weighted by molar-refractivity contribution is 5.76. The first-order valence-electron chi connectivity index (χ1n) is 9.98. The maximum absolute atomic E-state index is 8.73. The lowest BCUT2D eigenvalue weighted by Crippen LogP contribution is -1.98. The molecule has 0 saturated heterocycles. The van der Waals surface area contributed by atoms with Crippen LogP contribution in [0.2, 0.25) is 0 Å². The molecule has 4 rings (SSSR count). The summed E-state index contributed by atoms with van der Waals surface area (Å²) >= 11 is 0. The van der Waals surface area contributed by atoms with Crippen molar-refractivity contribution in [2.24, 2.45) is 5.11 Å². The van der Waals surface area contributed by atoms with Crippen LogP contribution in [0.3, 0.4) is 0 Å². The summed E-state index contributed by atoms with van der Waals surface area (Å²) in [5.41, 5.74) is 14.4. The van der Waals surface area contributed by atoms with E-state index in [2.05, 4.69) is 33.2 Å². The van der Waals surface area contributed by atoms with Crippen LogP contribution in [-0.2, 0) is 6.61 Å². The SMILES string of the molecule is COc1ccc(-c2ccc(COc3c[nH]cc3N=[N+]=[N-])c(-c3ccc(OC)cc3)c2)cc1.